The Morgan fingerprint density at radius 2 is 1.58 bits per heavy atom. The first-order chi connectivity index (χ1) is 12.3. The molecule has 1 heterocycles. The first-order valence-electron chi connectivity index (χ1n) is 8.28. The lowest BCUT2D eigenvalue weighted by atomic mass is 9.93. The van der Waals surface area contributed by atoms with Gasteiger partial charge in [0.15, 0.2) is 11.6 Å². The summed E-state index contributed by atoms with van der Waals surface area (Å²) in [7, 11) is -3.35. The smallest absolute Gasteiger partial charge is 0.229 e. The van der Waals surface area contributed by atoms with Gasteiger partial charge in [0.25, 0.3) is 0 Å². The third kappa shape index (κ3) is 4.36. The summed E-state index contributed by atoms with van der Waals surface area (Å²) in [6, 6.07) is 15.0. The molecule has 2 aromatic carbocycles. The molecule has 1 aliphatic heterocycles. The summed E-state index contributed by atoms with van der Waals surface area (Å²) >= 11 is 0. The molecule has 2 unspecified atom stereocenters. The Balaban J connectivity index is 1.65. The second kappa shape index (κ2) is 7.39. The summed E-state index contributed by atoms with van der Waals surface area (Å²) in [6.45, 7) is 0.450. The first kappa shape index (κ1) is 18.3. The summed E-state index contributed by atoms with van der Waals surface area (Å²) in [5.74, 6) is -0.332. The minimum absolute atomic E-state index is 0.00593. The fraction of sp³-hybridized carbons (Fsp3) is 0.263. The average molecular weight is 372 g/mol. The molecule has 3 rings (SSSR count). The zero-order chi connectivity index (χ0) is 18.7. The van der Waals surface area contributed by atoms with E-state index in [9.17, 15) is 18.0 Å². The maximum absolute atomic E-state index is 12.7. The zero-order valence-electron chi connectivity index (χ0n) is 14.3. The fourth-order valence-corrected chi connectivity index (χ4v) is 3.66. The van der Waals surface area contributed by atoms with Crippen LogP contribution < -0.4 is 10.0 Å². The van der Waals surface area contributed by atoms with E-state index in [2.05, 4.69) is 10.0 Å². The van der Waals surface area contributed by atoms with Gasteiger partial charge in [-0.25, -0.2) is 8.42 Å². The molecule has 7 heteroatoms. The van der Waals surface area contributed by atoms with Gasteiger partial charge in [-0.15, -0.1) is 0 Å². The Labute approximate surface area is 152 Å². The van der Waals surface area contributed by atoms with Crippen molar-refractivity contribution in [1.29, 1.82) is 0 Å². The van der Waals surface area contributed by atoms with Crippen molar-refractivity contribution >= 4 is 27.3 Å². The van der Waals surface area contributed by atoms with E-state index in [1.807, 2.05) is 18.2 Å². The normalized spacial score (nSPS) is 19.9. The van der Waals surface area contributed by atoms with Gasteiger partial charge in [0, 0.05) is 29.3 Å². The molecule has 0 bridgehead atoms. The van der Waals surface area contributed by atoms with E-state index >= 15 is 0 Å². The Kier molecular flexibility index (Phi) is 5.20. The van der Waals surface area contributed by atoms with Crippen LogP contribution in [0.5, 0.6) is 0 Å². The van der Waals surface area contributed by atoms with E-state index in [-0.39, 0.29) is 23.5 Å². The highest BCUT2D eigenvalue weighted by Gasteiger charge is 2.34. The largest absolute Gasteiger partial charge is 0.306 e. The van der Waals surface area contributed by atoms with Crippen LogP contribution in [-0.4, -0.2) is 38.8 Å². The molecule has 0 spiro atoms. The number of anilines is 1. The second-order valence-electron chi connectivity index (χ2n) is 6.44. The van der Waals surface area contributed by atoms with Crippen LogP contribution in [0.4, 0.5) is 5.69 Å². The predicted molar refractivity (Wildman–Crippen MR) is 99.9 cm³/mol. The number of benzene rings is 2. The van der Waals surface area contributed by atoms with Gasteiger partial charge in [0.05, 0.1) is 12.3 Å². The Bertz CT molecular complexity index is 908. The molecule has 0 aliphatic carbocycles. The summed E-state index contributed by atoms with van der Waals surface area (Å²) in [5, 5.41) is 3.14. The van der Waals surface area contributed by atoms with Crippen molar-refractivity contribution in [3.8, 4) is 0 Å². The number of ketones is 2. The average Bonchev–Trinajstić information content (AvgIpc) is 3.10. The maximum Gasteiger partial charge on any atom is 0.229 e. The number of carbonyl (C=O) groups is 2. The minimum atomic E-state index is -3.35. The summed E-state index contributed by atoms with van der Waals surface area (Å²) in [4.78, 5) is 25.1. The van der Waals surface area contributed by atoms with Crippen molar-refractivity contribution in [3.05, 3.63) is 65.7 Å². The first-order valence-corrected chi connectivity index (χ1v) is 10.2. The third-order valence-electron chi connectivity index (χ3n) is 4.35. The summed E-state index contributed by atoms with van der Waals surface area (Å²) in [5.41, 5.74) is 1.55. The van der Waals surface area contributed by atoms with Crippen molar-refractivity contribution in [2.24, 2.45) is 5.92 Å². The zero-order valence-corrected chi connectivity index (χ0v) is 15.1. The third-order valence-corrected chi connectivity index (χ3v) is 4.96. The van der Waals surface area contributed by atoms with Crippen LogP contribution in [0, 0.1) is 5.92 Å². The molecular weight excluding hydrogens is 352 g/mol. The van der Waals surface area contributed by atoms with E-state index in [0.717, 1.165) is 6.26 Å². The number of rotatable bonds is 6. The lowest BCUT2D eigenvalue weighted by Crippen LogP contribution is -2.30. The van der Waals surface area contributed by atoms with Gasteiger partial charge in [0.2, 0.25) is 10.0 Å². The minimum Gasteiger partial charge on any atom is -0.306 e. The highest BCUT2D eigenvalue weighted by Crippen LogP contribution is 2.23. The predicted octanol–water partition coefficient (Wildman–Crippen LogP) is 2.10. The van der Waals surface area contributed by atoms with Crippen molar-refractivity contribution < 1.29 is 18.0 Å². The van der Waals surface area contributed by atoms with Crippen molar-refractivity contribution in [3.63, 3.8) is 0 Å². The van der Waals surface area contributed by atoms with Crippen molar-refractivity contribution in [2.75, 3.05) is 17.5 Å². The molecule has 1 fully saturated rings. The van der Waals surface area contributed by atoms with E-state index in [0.29, 0.717) is 29.8 Å². The van der Waals surface area contributed by atoms with E-state index in [4.69, 9.17) is 0 Å². The molecule has 0 saturated carbocycles. The monoisotopic (exact) mass is 372 g/mol. The lowest BCUT2D eigenvalue weighted by Gasteiger charge is -2.10. The van der Waals surface area contributed by atoms with Gasteiger partial charge < -0.3 is 5.32 Å². The molecule has 2 aromatic rings. The molecule has 136 valence electrons. The van der Waals surface area contributed by atoms with Gasteiger partial charge in [-0.1, -0.05) is 30.3 Å². The molecule has 26 heavy (non-hydrogen) atoms. The van der Waals surface area contributed by atoms with Crippen LogP contribution in [0.3, 0.4) is 0 Å². The summed E-state index contributed by atoms with van der Waals surface area (Å²) in [6.07, 6.45) is 1.52. The van der Waals surface area contributed by atoms with Gasteiger partial charge >= 0.3 is 0 Å². The van der Waals surface area contributed by atoms with Gasteiger partial charge in [-0.3, -0.25) is 14.3 Å². The number of hydrogen-bond acceptors (Lipinski definition) is 5. The van der Waals surface area contributed by atoms with Gasteiger partial charge in [-0.2, -0.15) is 0 Å². The number of hydrogen-bond donors (Lipinski definition) is 2. The Hall–Kier alpha value is -2.51. The number of carbonyl (C=O) groups excluding carboxylic acids is 2. The molecule has 6 nitrogen and oxygen atoms in total. The number of sulfonamides is 1. The molecular formula is C19H20N2O4S. The number of nitrogens with one attached hydrogen (secondary N) is 2. The van der Waals surface area contributed by atoms with Crippen LogP contribution >= 0.6 is 0 Å². The molecule has 1 aliphatic rings. The van der Waals surface area contributed by atoms with Crippen molar-refractivity contribution in [1.82, 2.24) is 5.32 Å². The molecule has 1 saturated heterocycles. The van der Waals surface area contributed by atoms with Crippen molar-refractivity contribution in [2.45, 2.75) is 12.5 Å². The molecule has 2 N–H and O–H groups in total. The van der Waals surface area contributed by atoms with Crippen LogP contribution in [0.2, 0.25) is 0 Å². The molecule has 2 atom stereocenters. The lowest BCUT2D eigenvalue weighted by molar-refractivity contribution is 0.0920. The molecule has 0 radical (unpaired) electrons. The van der Waals surface area contributed by atoms with E-state index in [1.54, 1.807) is 36.4 Å². The SMILES string of the molecule is CS(=O)(=O)Nc1ccc(C(=O)C2CNC(C(=O)c3ccccc3)C2)cc1. The van der Waals surface area contributed by atoms with Crippen LogP contribution in [0.1, 0.15) is 27.1 Å². The number of Topliss-reactive ketones (excluding diaryl/α,β-unsaturated/α-hetero) is 2. The molecule has 0 aromatic heterocycles. The van der Waals surface area contributed by atoms with Gasteiger partial charge in [-0.05, 0) is 30.7 Å². The van der Waals surface area contributed by atoms with E-state index < -0.39 is 10.0 Å². The maximum atomic E-state index is 12.7. The van der Waals surface area contributed by atoms with E-state index in [1.165, 1.54) is 0 Å². The Morgan fingerprint density at radius 1 is 0.962 bits per heavy atom. The highest BCUT2D eigenvalue weighted by atomic mass is 32.2. The molecule has 0 amide bonds. The van der Waals surface area contributed by atoms with Gasteiger partial charge in [0.1, 0.15) is 0 Å². The topological polar surface area (TPSA) is 92.3 Å². The van der Waals surface area contributed by atoms with Crippen LogP contribution in [0.25, 0.3) is 0 Å². The summed E-state index contributed by atoms with van der Waals surface area (Å²) < 4.78 is 24.8. The second-order valence-corrected chi connectivity index (χ2v) is 8.19. The quantitative estimate of drug-likeness (QED) is 0.758. The van der Waals surface area contributed by atoms with Crippen LogP contribution in [-0.2, 0) is 10.0 Å². The standard InChI is InChI=1S/C19H20N2O4S/c1-26(24,25)21-16-9-7-14(8-10-16)18(22)15-11-17(20-12-15)19(23)13-5-3-2-4-6-13/h2-10,15,17,20-21H,11-12H2,1H3. The van der Waals surface area contributed by atoms with Crippen LogP contribution in [0.15, 0.2) is 54.6 Å². The highest BCUT2D eigenvalue weighted by molar-refractivity contribution is 7.92. The Morgan fingerprint density at radius 3 is 2.19 bits per heavy atom. The fourth-order valence-electron chi connectivity index (χ4n) is 3.09.